The number of carboxylic acid groups (broad SMARTS) is 1. The molecule has 0 aliphatic rings. The summed E-state index contributed by atoms with van der Waals surface area (Å²) in [7, 11) is 1.51. The average Bonchev–Trinajstić information content (AvgIpc) is 2.26. The van der Waals surface area contributed by atoms with Crippen molar-refractivity contribution in [3.8, 4) is 5.88 Å². The lowest BCUT2D eigenvalue weighted by molar-refractivity contribution is -0.139. The van der Waals surface area contributed by atoms with Gasteiger partial charge < -0.3 is 15.2 Å². The van der Waals surface area contributed by atoms with Crippen LogP contribution in [0.2, 0.25) is 0 Å². The van der Waals surface area contributed by atoms with Crippen LogP contribution >= 0.6 is 0 Å². The summed E-state index contributed by atoms with van der Waals surface area (Å²) in [5.74, 6) is -0.441. The van der Waals surface area contributed by atoms with E-state index in [2.05, 4.69) is 10.3 Å². The van der Waals surface area contributed by atoms with Crippen LogP contribution < -0.4 is 10.1 Å². The number of pyridine rings is 1. The molecule has 0 aromatic carbocycles. The summed E-state index contributed by atoms with van der Waals surface area (Å²) < 4.78 is 4.89. The van der Waals surface area contributed by atoms with Gasteiger partial charge in [-0.05, 0) is 18.2 Å². The Labute approximate surface area is 88.1 Å². The van der Waals surface area contributed by atoms with Gasteiger partial charge in [-0.25, -0.2) is 4.98 Å². The number of aliphatic carboxylic acids is 1. The highest BCUT2D eigenvalue weighted by molar-refractivity contribution is 5.75. The molecule has 82 valence electrons. The van der Waals surface area contributed by atoms with Gasteiger partial charge >= 0.3 is 5.97 Å². The van der Waals surface area contributed by atoms with Crippen LogP contribution in [0.25, 0.3) is 0 Å². The van der Waals surface area contributed by atoms with Crippen molar-refractivity contribution in [2.45, 2.75) is 13.0 Å². The molecule has 0 saturated carbocycles. The van der Waals surface area contributed by atoms with E-state index >= 15 is 0 Å². The lowest BCUT2D eigenvalue weighted by atomic mass is 10.1. The van der Waals surface area contributed by atoms with Gasteiger partial charge in [-0.3, -0.25) is 4.79 Å². The number of carbonyl (C=O) groups is 1. The third kappa shape index (κ3) is 2.92. The fraction of sp³-hybridized carbons (Fsp3) is 0.400. The standard InChI is InChI=1S/C10H14N2O3/c1-3-11-9(10(13)14)7-4-5-8(15-2)12-6-7/h4-6,9,11H,3H2,1-2H3,(H,13,14). The summed E-state index contributed by atoms with van der Waals surface area (Å²) in [5.41, 5.74) is 0.616. The van der Waals surface area contributed by atoms with Gasteiger partial charge in [-0.2, -0.15) is 0 Å². The number of hydrogen-bond acceptors (Lipinski definition) is 4. The lowest BCUT2D eigenvalue weighted by Crippen LogP contribution is -2.28. The molecule has 1 unspecified atom stereocenters. The second kappa shape index (κ2) is 5.31. The Morgan fingerprint density at radius 3 is 2.80 bits per heavy atom. The molecule has 0 fully saturated rings. The van der Waals surface area contributed by atoms with Gasteiger partial charge in [0.2, 0.25) is 5.88 Å². The maximum absolute atomic E-state index is 10.9. The Morgan fingerprint density at radius 2 is 2.40 bits per heavy atom. The van der Waals surface area contributed by atoms with Crippen LogP contribution in [0.5, 0.6) is 5.88 Å². The van der Waals surface area contributed by atoms with Crippen LogP contribution in [0.4, 0.5) is 0 Å². The van der Waals surface area contributed by atoms with Gasteiger partial charge in [0.25, 0.3) is 0 Å². The number of nitrogens with zero attached hydrogens (tertiary/aromatic N) is 1. The van der Waals surface area contributed by atoms with Crippen molar-refractivity contribution in [3.05, 3.63) is 23.9 Å². The molecule has 15 heavy (non-hydrogen) atoms. The molecule has 0 spiro atoms. The summed E-state index contributed by atoms with van der Waals surface area (Å²) in [6, 6.07) is 2.61. The second-order valence-electron chi connectivity index (χ2n) is 2.96. The minimum Gasteiger partial charge on any atom is -0.481 e. The second-order valence-corrected chi connectivity index (χ2v) is 2.96. The maximum atomic E-state index is 10.9. The van der Waals surface area contributed by atoms with E-state index in [4.69, 9.17) is 9.84 Å². The SMILES string of the molecule is CCNC(C(=O)O)c1ccc(OC)nc1. The van der Waals surface area contributed by atoms with Crippen LogP contribution in [0.1, 0.15) is 18.5 Å². The van der Waals surface area contributed by atoms with Crippen molar-refractivity contribution in [1.82, 2.24) is 10.3 Å². The molecule has 1 aromatic rings. The average molecular weight is 210 g/mol. The number of rotatable bonds is 5. The molecule has 1 atom stereocenters. The molecule has 1 rings (SSSR count). The first-order valence-electron chi connectivity index (χ1n) is 4.65. The fourth-order valence-electron chi connectivity index (χ4n) is 1.24. The first-order chi connectivity index (χ1) is 7.19. The Balaban J connectivity index is 2.86. The number of methoxy groups -OCH3 is 1. The molecule has 0 radical (unpaired) electrons. The first kappa shape index (κ1) is 11.5. The van der Waals surface area contributed by atoms with Gasteiger partial charge in [-0.1, -0.05) is 6.92 Å². The summed E-state index contributed by atoms with van der Waals surface area (Å²) in [5, 5.41) is 11.8. The zero-order valence-corrected chi connectivity index (χ0v) is 8.73. The summed E-state index contributed by atoms with van der Waals surface area (Å²) >= 11 is 0. The minimum atomic E-state index is -0.913. The predicted molar refractivity (Wildman–Crippen MR) is 54.8 cm³/mol. The van der Waals surface area contributed by atoms with Crippen molar-refractivity contribution in [2.24, 2.45) is 0 Å². The molecule has 2 N–H and O–H groups in total. The van der Waals surface area contributed by atoms with Crippen LogP contribution in [0, 0.1) is 0 Å². The molecule has 0 amide bonds. The number of aromatic nitrogens is 1. The first-order valence-corrected chi connectivity index (χ1v) is 4.65. The van der Waals surface area contributed by atoms with Crippen molar-refractivity contribution in [2.75, 3.05) is 13.7 Å². The number of hydrogen-bond donors (Lipinski definition) is 2. The molecule has 1 aromatic heterocycles. The normalized spacial score (nSPS) is 12.1. The Kier molecular flexibility index (Phi) is 4.05. The number of likely N-dealkylation sites (N-methyl/N-ethyl adjacent to an activating group) is 1. The van der Waals surface area contributed by atoms with Crippen LogP contribution in [-0.4, -0.2) is 29.7 Å². The summed E-state index contributed by atoms with van der Waals surface area (Å²) in [4.78, 5) is 14.9. The maximum Gasteiger partial charge on any atom is 0.325 e. The summed E-state index contributed by atoms with van der Waals surface area (Å²) in [6.45, 7) is 2.44. The van der Waals surface area contributed by atoms with Gasteiger partial charge in [0.05, 0.1) is 7.11 Å². The molecule has 5 nitrogen and oxygen atoms in total. The molecular weight excluding hydrogens is 196 g/mol. The largest absolute Gasteiger partial charge is 0.481 e. The molecule has 0 aliphatic heterocycles. The number of nitrogens with one attached hydrogen (secondary N) is 1. The van der Waals surface area contributed by atoms with Crippen molar-refractivity contribution < 1.29 is 14.6 Å². The van der Waals surface area contributed by atoms with E-state index in [1.807, 2.05) is 6.92 Å². The Morgan fingerprint density at radius 1 is 1.67 bits per heavy atom. The third-order valence-corrected chi connectivity index (χ3v) is 1.96. The molecule has 0 aliphatic carbocycles. The topological polar surface area (TPSA) is 71.5 Å². The van der Waals surface area contributed by atoms with Crippen molar-refractivity contribution >= 4 is 5.97 Å². The molecular formula is C10H14N2O3. The van der Waals surface area contributed by atoms with E-state index in [0.717, 1.165) is 0 Å². The molecule has 1 heterocycles. The summed E-state index contributed by atoms with van der Waals surface area (Å²) in [6.07, 6.45) is 1.50. The zero-order chi connectivity index (χ0) is 11.3. The monoisotopic (exact) mass is 210 g/mol. The fourth-order valence-corrected chi connectivity index (χ4v) is 1.24. The van der Waals surface area contributed by atoms with Crippen molar-refractivity contribution in [1.29, 1.82) is 0 Å². The highest BCUT2D eigenvalue weighted by Crippen LogP contribution is 2.14. The van der Waals surface area contributed by atoms with E-state index in [0.29, 0.717) is 18.0 Å². The van der Waals surface area contributed by atoms with E-state index < -0.39 is 12.0 Å². The smallest absolute Gasteiger partial charge is 0.325 e. The van der Waals surface area contributed by atoms with Crippen molar-refractivity contribution in [3.63, 3.8) is 0 Å². The Hall–Kier alpha value is -1.62. The molecule has 5 heteroatoms. The third-order valence-electron chi connectivity index (χ3n) is 1.96. The quantitative estimate of drug-likeness (QED) is 0.753. The lowest BCUT2D eigenvalue weighted by Gasteiger charge is -2.12. The van der Waals surface area contributed by atoms with Gasteiger partial charge in [0, 0.05) is 12.3 Å². The van der Waals surface area contributed by atoms with Gasteiger partial charge in [0.15, 0.2) is 0 Å². The van der Waals surface area contributed by atoms with E-state index in [1.54, 1.807) is 12.1 Å². The van der Waals surface area contributed by atoms with Crippen LogP contribution in [-0.2, 0) is 4.79 Å². The zero-order valence-electron chi connectivity index (χ0n) is 8.73. The molecule has 0 bridgehead atoms. The highest BCUT2D eigenvalue weighted by Gasteiger charge is 2.18. The van der Waals surface area contributed by atoms with Crippen LogP contribution in [0.3, 0.4) is 0 Å². The Bertz CT molecular complexity index is 324. The van der Waals surface area contributed by atoms with E-state index in [9.17, 15) is 4.79 Å². The van der Waals surface area contributed by atoms with E-state index in [-0.39, 0.29) is 0 Å². The minimum absolute atomic E-state index is 0.472. The number of carboxylic acids is 1. The highest BCUT2D eigenvalue weighted by atomic mass is 16.5. The van der Waals surface area contributed by atoms with Crippen LogP contribution in [0.15, 0.2) is 18.3 Å². The van der Waals surface area contributed by atoms with Gasteiger partial charge in [-0.15, -0.1) is 0 Å². The van der Waals surface area contributed by atoms with Gasteiger partial charge in [0.1, 0.15) is 6.04 Å². The number of ether oxygens (including phenoxy) is 1. The predicted octanol–water partition coefficient (Wildman–Crippen LogP) is 0.825. The van der Waals surface area contributed by atoms with E-state index in [1.165, 1.54) is 13.3 Å². The molecule has 0 saturated heterocycles.